The SMILES string of the molecule is CN(CCc1ccccn1)C(=O)c1ccccc1-c1ccccc1C=NC(=O)OCc1ccccc1. The number of carbonyl (C=O) groups is 2. The van der Waals surface area contributed by atoms with E-state index >= 15 is 0 Å². The van der Waals surface area contributed by atoms with Gasteiger partial charge in [0, 0.05) is 49.2 Å². The molecule has 0 unspecified atom stereocenters. The van der Waals surface area contributed by atoms with Crippen molar-refractivity contribution in [2.24, 2.45) is 4.99 Å². The number of pyridine rings is 1. The summed E-state index contributed by atoms with van der Waals surface area (Å²) in [5.41, 5.74) is 4.69. The molecule has 0 saturated heterocycles. The molecule has 0 spiro atoms. The molecule has 4 aromatic rings. The fraction of sp³-hybridized carbons (Fsp3) is 0.133. The normalized spacial score (nSPS) is 10.8. The number of rotatable bonds is 8. The summed E-state index contributed by atoms with van der Waals surface area (Å²) in [6.45, 7) is 0.696. The maximum atomic E-state index is 13.4. The summed E-state index contributed by atoms with van der Waals surface area (Å²) in [6.07, 6.45) is 3.23. The Morgan fingerprint density at radius 1 is 0.861 bits per heavy atom. The Bertz CT molecular complexity index is 1340. The van der Waals surface area contributed by atoms with E-state index in [1.807, 2.05) is 97.1 Å². The number of carbonyl (C=O) groups excluding carboxylic acids is 2. The Kier molecular flexibility index (Phi) is 8.33. The minimum absolute atomic E-state index is 0.0875. The maximum Gasteiger partial charge on any atom is 0.433 e. The Labute approximate surface area is 210 Å². The summed E-state index contributed by atoms with van der Waals surface area (Å²) in [5.74, 6) is -0.0875. The van der Waals surface area contributed by atoms with E-state index < -0.39 is 6.09 Å². The maximum absolute atomic E-state index is 13.4. The quantitative estimate of drug-likeness (QED) is 0.300. The van der Waals surface area contributed by atoms with Crippen LogP contribution in [-0.2, 0) is 17.8 Å². The summed E-state index contributed by atoms with van der Waals surface area (Å²) in [6, 6.07) is 30.2. The topological polar surface area (TPSA) is 71.9 Å². The molecule has 0 fully saturated rings. The van der Waals surface area contributed by atoms with E-state index in [4.69, 9.17) is 4.74 Å². The van der Waals surface area contributed by atoms with Crippen molar-refractivity contribution >= 4 is 18.2 Å². The first-order valence-electron chi connectivity index (χ1n) is 11.7. The molecule has 0 atom stereocenters. The van der Waals surface area contributed by atoms with E-state index in [9.17, 15) is 9.59 Å². The molecule has 0 aliphatic rings. The molecule has 4 rings (SSSR count). The molecule has 36 heavy (non-hydrogen) atoms. The predicted molar refractivity (Wildman–Crippen MR) is 141 cm³/mol. The predicted octanol–water partition coefficient (Wildman–Crippen LogP) is 5.82. The van der Waals surface area contributed by atoms with Crippen LogP contribution < -0.4 is 0 Å². The summed E-state index contributed by atoms with van der Waals surface area (Å²) in [7, 11) is 1.79. The van der Waals surface area contributed by atoms with Crippen molar-refractivity contribution in [2.45, 2.75) is 13.0 Å². The molecule has 1 aromatic heterocycles. The van der Waals surface area contributed by atoms with Crippen molar-refractivity contribution in [3.05, 3.63) is 126 Å². The number of aliphatic imine (C=N–C) groups is 1. The highest BCUT2D eigenvalue weighted by molar-refractivity contribution is 6.04. The molecule has 6 nitrogen and oxygen atoms in total. The van der Waals surface area contributed by atoms with Crippen molar-refractivity contribution < 1.29 is 14.3 Å². The first-order valence-corrected chi connectivity index (χ1v) is 11.7. The second kappa shape index (κ2) is 12.2. The Hall–Kier alpha value is -4.58. The van der Waals surface area contributed by atoms with Gasteiger partial charge in [-0.25, -0.2) is 4.79 Å². The van der Waals surface area contributed by atoms with Crippen molar-refractivity contribution in [3.8, 4) is 11.1 Å². The molecule has 180 valence electrons. The zero-order chi connectivity index (χ0) is 25.2. The van der Waals surface area contributed by atoms with Crippen LogP contribution in [0.4, 0.5) is 4.79 Å². The average molecular weight is 478 g/mol. The highest BCUT2D eigenvalue weighted by Gasteiger charge is 2.18. The molecule has 0 aliphatic carbocycles. The van der Waals surface area contributed by atoms with Gasteiger partial charge in [-0.2, -0.15) is 4.99 Å². The standard InChI is InChI=1S/C30H27N3O3/c1-33(20-18-25-14-9-10-19-31-25)29(34)28-17-8-7-16-27(28)26-15-6-5-13-24(26)21-32-30(35)36-22-23-11-3-2-4-12-23/h2-17,19,21H,18,20,22H2,1H3. The highest BCUT2D eigenvalue weighted by Crippen LogP contribution is 2.27. The molecule has 0 radical (unpaired) electrons. The molecule has 2 amide bonds. The van der Waals surface area contributed by atoms with Crippen LogP contribution >= 0.6 is 0 Å². The molecular formula is C30H27N3O3. The monoisotopic (exact) mass is 477 g/mol. The van der Waals surface area contributed by atoms with Crippen LogP contribution in [0, 0.1) is 0 Å². The lowest BCUT2D eigenvalue weighted by Crippen LogP contribution is -2.29. The average Bonchev–Trinajstić information content (AvgIpc) is 2.94. The van der Waals surface area contributed by atoms with Crippen molar-refractivity contribution in [2.75, 3.05) is 13.6 Å². The molecule has 6 heteroatoms. The van der Waals surface area contributed by atoms with Crippen molar-refractivity contribution in [3.63, 3.8) is 0 Å². The number of hydrogen-bond donors (Lipinski definition) is 0. The third kappa shape index (κ3) is 6.51. The van der Waals surface area contributed by atoms with Gasteiger partial charge in [-0.3, -0.25) is 9.78 Å². The fourth-order valence-corrected chi connectivity index (χ4v) is 3.77. The number of hydrogen-bond acceptors (Lipinski definition) is 4. The van der Waals surface area contributed by atoms with E-state index in [1.165, 1.54) is 6.21 Å². The third-order valence-corrected chi connectivity index (χ3v) is 5.70. The smallest absolute Gasteiger partial charge is 0.433 e. The number of likely N-dealkylation sites (N-methyl/N-ethyl adjacent to an activating group) is 1. The summed E-state index contributed by atoms with van der Waals surface area (Å²) >= 11 is 0. The van der Waals surface area contributed by atoms with Crippen molar-refractivity contribution in [1.82, 2.24) is 9.88 Å². The lowest BCUT2D eigenvalue weighted by Gasteiger charge is -2.19. The minimum Gasteiger partial charge on any atom is -0.443 e. The van der Waals surface area contributed by atoms with E-state index in [1.54, 1.807) is 18.1 Å². The van der Waals surface area contributed by atoms with E-state index in [0.29, 0.717) is 24.1 Å². The Morgan fingerprint density at radius 2 is 1.56 bits per heavy atom. The van der Waals surface area contributed by atoms with Gasteiger partial charge in [-0.05, 0) is 34.9 Å². The Balaban J connectivity index is 1.50. The van der Waals surface area contributed by atoms with Gasteiger partial charge in [-0.15, -0.1) is 0 Å². The number of ether oxygens (including phenoxy) is 1. The first kappa shape index (κ1) is 24.5. The van der Waals surface area contributed by atoms with Gasteiger partial charge < -0.3 is 9.64 Å². The number of nitrogens with zero attached hydrogens (tertiary/aromatic N) is 3. The Morgan fingerprint density at radius 3 is 2.33 bits per heavy atom. The van der Waals surface area contributed by atoms with E-state index in [-0.39, 0.29) is 12.5 Å². The number of amides is 2. The summed E-state index contributed by atoms with van der Waals surface area (Å²) < 4.78 is 5.25. The lowest BCUT2D eigenvalue weighted by atomic mass is 9.95. The van der Waals surface area contributed by atoms with Gasteiger partial charge in [0.05, 0.1) is 0 Å². The largest absolute Gasteiger partial charge is 0.443 e. The van der Waals surface area contributed by atoms with Crippen LogP contribution in [0.25, 0.3) is 11.1 Å². The summed E-state index contributed by atoms with van der Waals surface area (Å²) in [5, 5.41) is 0. The van der Waals surface area contributed by atoms with Gasteiger partial charge in [0.25, 0.3) is 5.91 Å². The number of benzene rings is 3. The number of aromatic nitrogens is 1. The highest BCUT2D eigenvalue weighted by atomic mass is 16.5. The van der Waals surface area contributed by atoms with Crippen molar-refractivity contribution in [1.29, 1.82) is 0 Å². The second-order valence-electron chi connectivity index (χ2n) is 8.23. The summed E-state index contributed by atoms with van der Waals surface area (Å²) in [4.78, 5) is 35.6. The second-order valence-corrected chi connectivity index (χ2v) is 8.23. The van der Waals surface area contributed by atoms with Gasteiger partial charge in [0.2, 0.25) is 0 Å². The zero-order valence-electron chi connectivity index (χ0n) is 20.1. The van der Waals surface area contributed by atoms with Crippen LogP contribution in [0.1, 0.15) is 27.2 Å². The van der Waals surface area contributed by atoms with E-state index in [2.05, 4.69) is 9.98 Å². The fourth-order valence-electron chi connectivity index (χ4n) is 3.77. The zero-order valence-corrected chi connectivity index (χ0v) is 20.1. The van der Waals surface area contributed by atoms with Crippen LogP contribution in [0.2, 0.25) is 0 Å². The van der Waals surface area contributed by atoms with Crippen LogP contribution in [-0.4, -0.2) is 41.7 Å². The van der Waals surface area contributed by atoms with Crippen LogP contribution in [0.15, 0.2) is 108 Å². The van der Waals surface area contributed by atoms with Crippen LogP contribution in [0.3, 0.4) is 0 Å². The van der Waals surface area contributed by atoms with Gasteiger partial charge in [0.1, 0.15) is 6.61 Å². The molecule has 1 heterocycles. The minimum atomic E-state index is -0.674. The molecule has 0 N–H and O–H groups in total. The van der Waals surface area contributed by atoms with Gasteiger partial charge in [-0.1, -0.05) is 78.9 Å². The molecule has 0 aliphatic heterocycles. The third-order valence-electron chi connectivity index (χ3n) is 5.70. The van der Waals surface area contributed by atoms with Gasteiger partial charge >= 0.3 is 6.09 Å². The molecule has 0 bridgehead atoms. The molecule has 3 aromatic carbocycles. The molecular weight excluding hydrogens is 450 g/mol. The van der Waals surface area contributed by atoms with Gasteiger partial charge in [0.15, 0.2) is 0 Å². The molecule has 0 saturated carbocycles. The first-order chi connectivity index (χ1) is 17.6. The van der Waals surface area contributed by atoms with Crippen LogP contribution in [0.5, 0.6) is 0 Å². The lowest BCUT2D eigenvalue weighted by molar-refractivity contribution is 0.0797. The van der Waals surface area contributed by atoms with E-state index in [0.717, 1.165) is 22.4 Å².